The van der Waals surface area contributed by atoms with Crippen LogP contribution in [-0.2, 0) is 4.74 Å². The maximum absolute atomic E-state index is 12.8. The number of ether oxygens (including phenoxy) is 1. The van der Waals surface area contributed by atoms with Crippen molar-refractivity contribution in [2.24, 2.45) is 0 Å². The number of thiophene rings is 1. The van der Waals surface area contributed by atoms with Crippen molar-refractivity contribution in [1.82, 2.24) is 0 Å². The molecule has 1 amide bonds. The Morgan fingerprint density at radius 3 is 2.48 bits per heavy atom. The minimum absolute atomic E-state index is 0.0595. The standard InChI is InChI=1S/C20H15ClN2O5S/c1-11-16(12-6-4-3-5-7-12)17(20(25)28-2)19(29-11)22-18(24)14-10-13(23(26)27)8-9-15(14)21/h3-10H,1-2H3,(H,22,24). The van der Waals surface area contributed by atoms with Crippen LogP contribution in [0.15, 0.2) is 48.5 Å². The largest absolute Gasteiger partial charge is 0.465 e. The van der Waals surface area contributed by atoms with Gasteiger partial charge in [0.2, 0.25) is 0 Å². The lowest BCUT2D eigenvalue weighted by molar-refractivity contribution is -0.384. The van der Waals surface area contributed by atoms with Gasteiger partial charge in [-0.1, -0.05) is 41.9 Å². The van der Waals surface area contributed by atoms with Crippen LogP contribution in [0.4, 0.5) is 10.7 Å². The molecule has 3 aromatic rings. The Morgan fingerprint density at radius 1 is 1.17 bits per heavy atom. The number of non-ortho nitro benzene ring substituents is 1. The molecule has 3 rings (SSSR count). The predicted octanol–water partition coefficient (Wildman–Crippen LogP) is 5.32. The highest BCUT2D eigenvalue weighted by Crippen LogP contribution is 2.40. The zero-order valence-electron chi connectivity index (χ0n) is 15.4. The molecule has 0 radical (unpaired) electrons. The Hall–Kier alpha value is -3.23. The van der Waals surface area contributed by atoms with Gasteiger partial charge < -0.3 is 10.1 Å². The van der Waals surface area contributed by atoms with Crippen LogP contribution in [0, 0.1) is 17.0 Å². The Bertz CT molecular complexity index is 1110. The first kappa shape index (κ1) is 20.5. The normalized spacial score (nSPS) is 10.4. The third kappa shape index (κ3) is 4.13. The molecular formula is C20H15ClN2O5S. The van der Waals surface area contributed by atoms with Crippen molar-refractivity contribution < 1.29 is 19.2 Å². The maximum Gasteiger partial charge on any atom is 0.341 e. The van der Waals surface area contributed by atoms with E-state index >= 15 is 0 Å². The third-order valence-corrected chi connectivity index (χ3v) is 5.52. The number of nitrogens with one attached hydrogen (secondary N) is 1. The Balaban J connectivity index is 2.06. The van der Waals surface area contributed by atoms with Gasteiger partial charge in [0.05, 0.1) is 22.6 Å². The molecule has 0 aliphatic rings. The van der Waals surface area contributed by atoms with Crippen LogP contribution in [0.3, 0.4) is 0 Å². The first-order chi connectivity index (χ1) is 13.8. The second kappa shape index (κ2) is 8.42. The van der Waals surface area contributed by atoms with Crippen molar-refractivity contribution in [2.75, 3.05) is 12.4 Å². The minimum Gasteiger partial charge on any atom is -0.465 e. The number of amides is 1. The maximum atomic E-state index is 12.8. The molecule has 0 bridgehead atoms. The van der Waals surface area contributed by atoms with E-state index in [1.165, 1.54) is 30.6 Å². The number of rotatable bonds is 5. The monoisotopic (exact) mass is 430 g/mol. The summed E-state index contributed by atoms with van der Waals surface area (Å²) in [6.45, 7) is 1.83. The van der Waals surface area contributed by atoms with E-state index in [0.29, 0.717) is 5.56 Å². The summed E-state index contributed by atoms with van der Waals surface area (Å²) < 4.78 is 4.92. The number of nitro benzene ring substituents is 1. The van der Waals surface area contributed by atoms with Crippen molar-refractivity contribution in [1.29, 1.82) is 0 Å². The van der Waals surface area contributed by atoms with Gasteiger partial charge >= 0.3 is 5.97 Å². The summed E-state index contributed by atoms with van der Waals surface area (Å²) in [7, 11) is 1.26. The van der Waals surface area contributed by atoms with E-state index in [1.54, 1.807) is 0 Å². The van der Waals surface area contributed by atoms with Crippen molar-refractivity contribution in [3.8, 4) is 11.1 Å². The van der Waals surface area contributed by atoms with Crippen LogP contribution in [0.5, 0.6) is 0 Å². The molecule has 2 aromatic carbocycles. The van der Waals surface area contributed by atoms with E-state index in [4.69, 9.17) is 16.3 Å². The number of methoxy groups -OCH3 is 1. The summed E-state index contributed by atoms with van der Waals surface area (Å²) >= 11 is 7.26. The van der Waals surface area contributed by atoms with Crippen molar-refractivity contribution >= 4 is 45.5 Å². The first-order valence-corrected chi connectivity index (χ1v) is 9.55. The Kier molecular flexibility index (Phi) is 5.95. The van der Waals surface area contributed by atoms with Gasteiger partial charge in [0.1, 0.15) is 10.6 Å². The van der Waals surface area contributed by atoms with Gasteiger partial charge in [-0.05, 0) is 18.6 Å². The summed E-state index contributed by atoms with van der Waals surface area (Å²) in [6, 6.07) is 12.8. The highest BCUT2D eigenvalue weighted by atomic mass is 35.5. The van der Waals surface area contributed by atoms with Gasteiger partial charge in [-0.3, -0.25) is 14.9 Å². The number of hydrogen-bond acceptors (Lipinski definition) is 6. The minimum atomic E-state index is -0.662. The molecule has 0 saturated carbocycles. The van der Waals surface area contributed by atoms with E-state index in [0.717, 1.165) is 16.5 Å². The lowest BCUT2D eigenvalue weighted by atomic mass is 10.0. The average molecular weight is 431 g/mol. The topological polar surface area (TPSA) is 98.5 Å². The lowest BCUT2D eigenvalue weighted by Crippen LogP contribution is -2.15. The van der Waals surface area contributed by atoms with Crippen LogP contribution in [-0.4, -0.2) is 23.9 Å². The second-order valence-electron chi connectivity index (χ2n) is 5.97. The number of carbonyl (C=O) groups is 2. The summed E-state index contributed by atoms with van der Waals surface area (Å²) in [6.07, 6.45) is 0. The molecule has 29 heavy (non-hydrogen) atoms. The van der Waals surface area contributed by atoms with Gasteiger partial charge in [-0.15, -0.1) is 11.3 Å². The number of hydrogen-bond donors (Lipinski definition) is 1. The Morgan fingerprint density at radius 2 is 1.86 bits per heavy atom. The van der Waals surface area contributed by atoms with Crippen LogP contribution >= 0.6 is 22.9 Å². The molecule has 1 N–H and O–H groups in total. The van der Waals surface area contributed by atoms with E-state index < -0.39 is 16.8 Å². The number of nitro groups is 1. The lowest BCUT2D eigenvalue weighted by Gasteiger charge is -2.09. The fraction of sp³-hybridized carbons (Fsp3) is 0.100. The number of benzene rings is 2. The highest BCUT2D eigenvalue weighted by molar-refractivity contribution is 7.17. The molecule has 0 aliphatic carbocycles. The molecule has 0 atom stereocenters. The number of aryl methyl sites for hydroxylation is 1. The first-order valence-electron chi connectivity index (χ1n) is 8.36. The molecule has 0 spiro atoms. The molecule has 1 heterocycles. The number of esters is 1. The van der Waals surface area contributed by atoms with Gasteiger partial charge in [-0.25, -0.2) is 4.79 Å². The number of nitrogens with zero attached hydrogens (tertiary/aromatic N) is 1. The van der Waals surface area contributed by atoms with E-state index in [2.05, 4.69) is 5.32 Å². The third-order valence-electron chi connectivity index (χ3n) is 4.17. The smallest absolute Gasteiger partial charge is 0.341 e. The van der Waals surface area contributed by atoms with Gasteiger partial charge in [0.15, 0.2) is 0 Å². The second-order valence-corrected chi connectivity index (χ2v) is 7.60. The van der Waals surface area contributed by atoms with Gasteiger partial charge in [-0.2, -0.15) is 0 Å². The number of anilines is 1. The molecule has 9 heteroatoms. The summed E-state index contributed by atoms with van der Waals surface area (Å²) in [5.41, 5.74) is 1.35. The van der Waals surface area contributed by atoms with E-state index in [9.17, 15) is 19.7 Å². The SMILES string of the molecule is COC(=O)c1c(NC(=O)c2cc([N+](=O)[O-])ccc2Cl)sc(C)c1-c1ccccc1. The van der Waals surface area contributed by atoms with E-state index in [1.807, 2.05) is 37.3 Å². The fourth-order valence-electron chi connectivity index (χ4n) is 2.85. The average Bonchev–Trinajstić information content (AvgIpc) is 3.03. The zero-order valence-corrected chi connectivity index (χ0v) is 17.0. The quantitative estimate of drug-likeness (QED) is 0.335. The number of carbonyl (C=O) groups excluding carboxylic acids is 2. The zero-order chi connectivity index (χ0) is 21.1. The van der Waals surface area contributed by atoms with Crippen molar-refractivity contribution in [3.05, 3.63) is 79.7 Å². The molecule has 0 saturated heterocycles. The van der Waals surface area contributed by atoms with Crippen LogP contribution < -0.4 is 5.32 Å². The van der Waals surface area contributed by atoms with Gasteiger partial charge in [0.25, 0.3) is 11.6 Å². The van der Waals surface area contributed by atoms with Crippen molar-refractivity contribution in [2.45, 2.75) is 6.92 Å². The van der Waals surface area contributed by atoms with Crippen LogP contribution in [0.2, 0.25) is 5.02 Å². The summed E-state index contributed by atoms with van der Waals surface area (Å²) in [5, 5.41) is 14.0. The molecule has 1 aromatic heterocycles. The molecule has 148 valence electrons. The van der Waals surface area contributed by atoms with E-state index in [-0.39, 0.29) is 26.8 Å². The Labute approximate surface area is 175 Å². The molecular weight excluding hydrogens is 416 g/mol. The van der Waals surface area contributed by atoms with Crippen LogP contribution in [0.25, 0.3) is 11.1 Å². The highest BCUT2D eigenvalue weighted by Gasteiger charge is 2.26. The summed E-state index contributed by atoms with van der Waals surface area (Å²) in [5.74, 6) is -1.27. The molecule has 0 unspecified atom stereocenters. The van der Waals surface area contributed by atoms with Gasteiger partial charge in [0, 0.05) is 22.6 Å². The summed E-state index contributed by atoms with van der Waals surface area (Å²) in [4.78, 5) is 36.4. The van der Waals surface area contributed by atoms with Crippen molar-refractivity contribution in [3.63, 3.8) is 0 Å². The molecule has 0 aliphatic heterocycles. The fourth-order valence-corrected chi connectivity index (χ4v) is 4.12. The van der Waals surface area contributed by atoms with Crippen LogP contribution in [0.1, 0.15) is 25.6 Å². The number of halogens is 1. The molecule has 7 nitrogen and oxygen atoms in total. The molecule has 0 fully saturated rings. The predicted molar refractivity (Wildman–Crippen MR) is 112 cm³/mol.